The van der Waals surface area contributed by atoms with Crippen molar-refractivity contribution in [2.75, 3.05) is 0 Å². The maximum absolute atomic E-state index is 13.5. The predicted octanol–water partition coefficient (Wildman–Crippen LogP) is 2.50. The highest BCUT2D eigenvalue weighted by atomic mass is 16.2. The molecule has 0 spiro atoms. The van der Waals surface area contributed by atoms with Crippen molar-refractivity contribution in [2.45, 2.75) is 20.4 Å². The van der Waals surface area contributed by atoms with Gasteiger partial charge in [0, 0.05) is 25.5 Å². The van der Waals surface area contributed by atoms with Gasteiger partial charge in [-0.15, -0.1) is 0 Å². The van der Waals surface area contributed by atoms with Gasteiger partial charge in [0.1, 0.15) is 0 Å². The zero-order valence-corrected chi connectivity index (χ0v) is 16.8. The van der Waals surface area contributed by atoms with Gasteiger partial charge in [0.15, 0.2) is 11.2 Å². The van der Waals surface area contributed by atoms with Gasteiger partial charge >= 0.3 is 5.69 Å². The molecular formula is C22H21N5O2. The standard InChI is InChI=1S/C22H21N5O2/c1-13-14(2)27-18-19(23-21(27)24(13)3)25(4)22(29)26(20(18)28)12-16-10-7-9-15-8-5-6-11-17(15)16/h5-11H,12H2,1-4H3. The Kier molecular flexibility index (Phi) is 3.58. The van der Waals surface area contributed by atoms with E-state index in [4.69, 9.17) is 0 Å². The summed E-state index contributed by atoms with van der Waals surface area (Å²) in [6.45, 7) is 4.16. The van der Waals surface area contributed by atoms with Crippen molar-refractivity contribution in [3.63, 3.8) is 0 Å². The molecule has 0 fully saturated rings. The Bertz CT molecular complexity index is 1560. The highest BCUT2D eigenvalue weighted by Crippen LogP contribution is 2.21. The van der Waals surface area contributed by atoms with Crippen LogP contribution >= 0.6 is 0 Å². The van der Waals surface area contributed by atoms with Gasteiger partial charge in [-0.3, -0.25) is 18.3 Å². The topological polar surface area (TPSA) is 66.2 Å². The number of fused-ring (bicyclic) bond motifs is 4. The molecule has 3 heterocycles. The lowest BCUT2D eigenvalue weighted by Gasteiger charge is -2.11. The highest BCUT2D eigenvalue weighted by Gasteiger charge is 2.21. The first-order valence-corrected chi connectivity index (χ1v) is 9.50. The lowest BCUT2D eigenvalue weighted by atomic mass is 10.0. The van der Waals surface area contributed by atoms with Crippen molar-refractivity contribution in [1.29, 1.82) is 0 Å². The van der Waals surface area contributed by atoms with Crippen LogP contribution in [0, 0.1) is 13.8 Å². The molecule has 0 aliphatic carbocycles. The van der Waals surface area contributed by atoms with Gasteiger partial charge in [0.2, 0.25) is 5.78 Å². The molecule has 0 aliphatic rings. The summed E-state index contributed by atoms with van der Waals surface area (Å²) in [5, 5.41) is 2.12. The molecule has 0 aliphatic heterocycles. The second-order valence-corrected chi connectivity index (χ2v) is 7.52. The monoisotopic (exact) mass is 387 g/mol. The number of aryl methyl sites for hydroxylation is 3. The summed E-state index contributed by atoms with van der Waals surface area (Å²) in [4.78, 5) is 31.1. The number of nitrogens with zero attached hydrogens (tertiary/aromatic N) is 5. The number of hydrogen-bond donors (Lipinski definition) is 0. The van der Waals surface area contributed by atoms with Crippen LogP contribution in [-0.2, 0) is 20.6 Å². The van der Waals surface area contributed by atoms with Gasteiger partial charge in [-0.05, 0) is 30.2 Å². The Hall–Kier alpha value is -3.61. The molecule has 5 rings (SSSR count). The van der Waals surface area contributed by atoms with E-state index in [1.807, 2.05) is 72.3 Å². The fourth-order valence-electron chi connectivity index (χ4n) is 4.15. The van der Waals surface area contributed by atoms with Gasteiger partial charge in [0.05, 0.1) is 6.54 Å². The second-order valence-electron chi connectivity index (χ2n) is 7.52. The molecule has 0 amide bonds. The van der Waals surface area contributed by atoms with Crippen LogP contribution in [0.25, 0.3) is 27.7 Å². The summed E-state index contributed by atoms with van der Waals surface area (Å²) in [6.07, 6.45) is 0. The van der Waals surface area contributed by atoms with Crippen LogP contribution in [0.3, 0.4) is 0 Å². The average Bonchev–Trinajstić information content (AvgIpc) is 3.22. The molecule has 0 N–H and O–H groups in total. The molecule has 2 aromatic carbocycles. The average molecular weight is 387 g/mol. The second kappa shape index (κ2) is 5.94. The van der Waals surface area contributed by atoms with E-state index in [1.54, 1.807) is 7.05 Å². The Labute approximate surface area is 166 Å². The molecule has 146 valence electrons. The zero-order valence-electron chi connectivity index (χ0n) is 16.8. The minimum atomic E-state index is -0.367. The van der Waals surface area contributed by atoms with E-state index in [0.29, 0.717) is 16.9 Å². The molecule has 7 heteroatoms. The highest BCUT2D eigenvalue weighted by molar-refractivity contribution is 5.85. The van der Waals surface area contributed by atoms with Crippen molar-refractivity contribution < 1.29 is 0 Å². The fraction of sp³-hybridized carbons (Fsp3) is 0.227. The van der Waals surface area contributed by atoms with Gasteiger partial charge in [-0.2, -0.15) is 4.98 Å². The molecule has 7 nitrogen and oxygen atoms in total. The Morgan fingerprint density at radius 1 is 0.897 bits per heavy atom. The predicted molar refractivity (Wildman–Crippen MR) is 114 cm³/mol. The van der Waals surface area contributed by atoms with E-state index in [2.05, 4.69) is 4.98 Å². The van der Waals surface area contributed by atoms with Crippen molar-refractivity contribution in [1.82, 2.24) is 23.1 Å². The van der Waals surface area contributed by atoms with E-state index < -0.39 is 0 Å². The lowest BCUT2D eigenvalue weighted by molar-refractivity contribution is 0.658. The van der Waals surface area contributed by atoms with Gasteiger partial charge in [-0.25, -0.2) is 4.79 Å². The molecule has 0 atom stereocenters. The third kappa shape index (κ3) is 2.27. The van der Waals surface area contributed by atoms with Crippen LogP contribution in [0.2, 0.25) is 0 Å². The normalized spacial score (nSPS) is 11.9. The van der Waals surface area contributed by atoms with Crippen molar-refractivity contribution in [3.05, 3.63) is 80.3 Å². The summed E-state index contributed by atoms with van der Waals surface area (Å²) >= 11 is 0. The Morgan fingerprint density at radius 3 is 2.41 bits per heavy atom. The Morgan fingerprint density at radius 2 is 1.62 bits per heavy atom. The molecule has 29 heavy (non-hydrogen) atoms. The fourth-order valence-corrected chi connectivity index (χ4v) is 4.15. The molecule has 0 radical (unpaired) electrons. The van der Waals surface area contributed by atoms with Crippen molar-refractivity contribution in [2.24, 2.45) is 14.1 Å². The number of aromatic nitrogens is 5. The summed E-state index contributed by atoms with van der Waals surface area (Å²) < 4.78 is 6.56. The molecule has 0 bridgehead atoms. The van der Waals surface area contributed by atoms with E-state index in [9.17, 15) is 9.59 Å². The van der Waals surface area contributed by atoms with Crippen molar-refractivity contribution in [3.8, 4) is 0 Å². The number of imidazole rings is 2. The van der Waals surface area contributed by atoms with E-state index in [-0.39, 0.29) is 17.8 Å². The molecule has 5 aromatic rings. The van der Waals surface area contributed by atoms with Gasteiger partial charge in [-0.1, -0.05) is 42.5 Å². The van der Waals surface area contributed by atoms with Gasteiger partial charge < -0.3 is 4.57 Å². The summed E-state index contributed by atoms with van der Waals surface area (Å²) in [5.41, 5.74) is 3.06. The van der Waals surface area contributed by atoms with Crippen molar-refractivity contribution >= 4 is 27.7 Å². The molecular weight excluding hydrogens is 366 g/mol. The van der Waals surface area contributed by atoms with Crippen LogP contribution in [0.15, 0.2) is 52.1 Å². The number of benzene rings is 2. The summed E-state index contributed by atoms with van der Waals surface area (Å²) in [6, 6.07) is 13.9. The van der Waals surface area contributed by atoms with E-state index in [0.717, 1.165) is 27.7 Å². The van der Waals surface area contributed by atoms with E-state index in [1.165, 1.54) is 9.13 Å². The van der Waals surface area contributed by atoms with E-state index >= 15 is 0 Å². The maximum Gasteiger partial charge on any atom is 0.332 e. The van der Waals surface area contributed by atoms with Crippen LogP contribution < -0.4 is 11.2 Å². The zero-order chi connectivity index (χ0) is 20.4. The summed E-state index contributed by atoms with van der Waals surface area (Å²) in [7, 11) is 3.58. The molecule has 0 saturated carbocycles. The minimum absolute atomic E-state index is 0.209. The third-order valence-corrected chi connectivity index (χ3v) is 6.00. The lowest BCUT2D eigenvalue weighted by Crippen LogP contribution is -2.39. The molecule has 0 unspecified atom stereocenters. The quantitative estimate of drug-likeness (QED) is 0.467. The number of hydrogen-bond acceptors (Lipinski definition) is 3. The first-order valence-electron chi connectivity index (χ1n) is 9.50. The molecule has 3 aromatic heterocycles. The first kappa shape index (κ1) is 17.5. The van der Waals surface area contributed by atoms with Crippen LogP contribution in [-0.4, -0.2) is 23.1 Å². The molecule has 0 saturated heterocycles. The Balaban J connectivity index is 1.85. The van der Waals surface area contributed by atoms with Crippen LogP contribution in [0.1, 0.15) is 17.0 Å². The largest absolute Gasteiger partial charge is 0.332 e. The first-order chi connectivity index (χ1) is 13.9. The summed E-state index contributed by atoms with van der Waals surface area (Å²) in [5.74, 6) is 0.657. The maximum atomic E-state index is 13.5. The third-order valence-electron chi connectivity index (χ3n) is 6.00. The van der Waals surface area contributed by atoms with Crippen LogP contribution in [0.5, 0.6) is 0 Å². The van der Waals surface area contributed by atoms with Gasteiger partial charge in [0.25, 0.3) is 5.56 Å². The SMILES string of the molecule is Cc1c(C)n2c3c(=O)n(Cc4cccc5ccccc45)c(=O)n(C)c3nc2n1C. The number of rotatable bonds is 2. The minimum Gasteiger partial charge on any atom is -0.317 e. The van der Waals surface area contributed by atoms with Crippen LogP contribution in [0.4, 0.5) is 0 Å². The smallest absolute Gasteiger partial charge is 0.317 e.